The van der Waals surface area contributed by atoms with Gasteiger partial charge in [-0.1, -0.05) is 15.9 Å². The summed E-state index contributed by atoms with van der Waals surface area (Å²) in [6.45, 7) is 3.99. The molecular weight excluding hydrogens is 468 g/mol. The van der Waals surface area contributed by atoms with Gasteiger partial charge in [-0.05, 0) is 45.7 Å². The summed E-state index contributed by atoms with van der Waals surface area (Å²) in [6, 6.07) is 0. The Morgan fingerprint density at radius 1 is 1.00 bits per heavy atom. The van der Waals surface area contributed by atoms with Crippen LogP contribution in [0.25, 0.3) is 0 Å². The normalized spacial score (nSPS) is 10.1. The SMILES string of the molecule is Cc1nc(Br)sc1CBr.Cc1nc(Br)sc1CO. The summed E-state index contributed by atoms with van der Waals surface area (Å²) in [7, 11) is 0. The first-order valence-corrected chi connectivity index (χ1v) is 9.22. The number of alkyl halides is 1. The van der Waals surface area contributed by atoms with Crippen molar-refractivity contribution in [3.05, 3.63) is 29.0 Å². The standard InChI is InChI=1S/C5H5Br2NS.C5H6BrNOS/c1-3-4(2-6)9-5(7)8-3;1-3-4(2-8)9-5(6)7-3/h2H2,1H3;8H,2H2,1H3. The number of aromatic nitrogens is 2. The minimum absolute atomic E-state index is 0.0924. The first kappa shape index (κ1) is 16.7. The maximum Gasteiger partial charge on any atom is 0.159 e. The average molecular weight is 479 g/mol. The number of aryl methyl sites for hydroxylation is 2. The van der Waals surface area contributed by atoms with E-state index in [1.807, 2.05) is 13.8 Å². The van der Waals surface area contributed by atoms with Crippen molar-refractivity contribution in [3.63, 3.8) is 0 Å². The molecule has 100 valence electrons. The second-order valence-corrected chi connectivity index (χ2v) is 8.52. The molecule has 0 bridgehead atoms. The number of hydrogen-bond acceptors (Lipinski definition) is 5. The van der Waals surface area contributed by atoms with E-state index in [9.17, 15) is 0 Å². The highest BCUT2D eigenvalue weighted by molar-refractivity contribution is 9.11. The minimum Gasteiger partial charge on any atom is -0.391 e. The van der Waals surface area contributed by atoms with E-state index in [2.05, 4.69) is 57.8 Å². The van der Waals surface area contributed by atoms with E-state index in [1.54, 1.807) is 11.3 Å². The van der Waals surface area contributed by atoms with Crippen molar-refractivity contribution < 1.29 is 5.11 Å². The van der Waals surface area contributed by atoms with Crippen molar-refractivity contribution in [2.24, 2.45) is 0 Å². The minimum atomic E-state index is 0.0924. The van der Waals surface area contributed by atoms with Gasteiger partial charge in [0.2, 0.25) is 0 Å². The second-order valence-electron chi connectivity index (χ2n) is 3.24. The van der Waals surface area contributed by atoms with Crippen LogP contribution < -0.4 is 0 Å². The Balaban J connectivity index is 0.000000180. The summed E-state index contributed by atoms with van der Waals surface area (Å²) in [6.07, 6.45) is 0. The van der Waals surface area contributed by atoms with E-state index < -0.39 is 0 Å². The van der Waals surface area contributed by atoms with Gasteiger partial charge in [0, 0.05) is 10.2 Å². The molecule has 2 heterocycles. The molecule has 1 N–H and O–H groups in total. The number of rotatable bonds is 2. The maximum absolute atomic E-state index is 8.68. The van der Waals surface area contributed by atoms with Crippen molar-refractivity contribution in [3.8, 4) is 0 Å². The number of hydrogen-bond donors (Lipinski definition) is 1. The molecule has 2 aromatic rings. The van der Waals surface area contributed by atoms with Crippen LogP contribution in [0.5, 0.6) is 0 Å². The van der Waals surface area contributed by atoms with Crippen molar-refractivity contribution in [2.45, 2.75) is 25.8 Å². The van der Waals surface area contributed by atoms with Gasteiger partial charge >= 0.3 is 0 Å². The van der Waals surface area contributed by atoms with Gasteiger partial charge in [-0.2, -0.15) is 0 Å². The predicted molar refractivity (Wildman–Crippen MR) is 87.7 cm³/mol. The first-order valence-electron chi connectivity index (χ1n) is 4.88. The van der Waals surface area contributed by atoms with Crippen LogP contribution in [-0.2, 0) is 11.9 Å². The zero-order chi connectivity index (χ0) is 13.7. The average Bonchev–Trinajstić information content (AvgIpc) is 2.81. The van der Waals surface area contributed by atoms with E-state index in [0.29, 0.717) is 0 Å². The van der Waals surface area contributed by atoms with Gasteiger partial charge in [-0.25, -0.2) is 9.97 Å². The fourth-order valence-electron chi connectivity index (χ4n) is 1.06. The van der Waals surface area contributed by atoms with E-state index in [4.69, 9.17) is 5.11 Å². The van der Waals surface area contributed by atoms with Crippen LogP contribution in [-0.4, -0.2) is 15.1 Å². The van der Waals surface area contributed by atoms with E-state index in [-0.39, 0.29) is 6.61 Å². The largest absolute Gasteiger partial charge is 0.391 e. The topological polar surface area (TPSA) is 46.0 Å². The molecule has 0 saturated carbocycles. The van der Waals surface area contributed by atoms with Crippen LogP contribution in [0.3, 0.4) is 0 Å². The molecule has 0 aliphatic rings. The van der Waals surface area contributed by atoms with Gasteiger partial charge in [0.25, 0.3) is 0 Å². The summed E-state index contributed by atoms with van der Waals surface area (Å²) in [5.41, 5.74) is 2.03. The van der Waals surface area contributed by atoms with Gasteiger partial charge in [-0.3, -0.25) is 0 Å². The highest BCUT2D eigenvalue weighted by atomic mass is 79.9. The molecule has 0 unspecified atom stereocenters. The van der Waals surface area contributed by atoms with Crippen molar-refractivity contribution >= 4 is 70.5 Å². The van der Waals surface area contributed by atoms with Gasteiger partial charge in [0.1, 0.15) is 0 Å². The van der Waals surface area contributed by atoms with Crippen LogP contribution in [0.15, 0.2) is 7.83 Å². The van der Waals surface area contributed by atoms with Gasteiger partial charge in [0.05, 0.1) is 22.9 Å². The Bertz CT molecular complexity index is 467. The van der Waals surface area contributed by atoms with Gasteiger partial charge < -0.3 is 5.11 Å². The Morgan fingerprint density at radius 2 is 1.44 bits per heavy atom. The molecule has 3 nitrogen and oxygen atoms in total. The molecule has 0 aliphatic carbocycles. The molecule has 18 heavy (non-hydrogen) atoms. The Morgan fingerprint density at radius 3 is 1.61 bits per heavy atom. The Hall–Kier alpha value is 0.660. The molecule has 2 rings (SSSR count). The lowest BCUT2D eigenvalue weighted by molar-refractivity contribution is 0.284. The molecular formula is C10H11Br3N2OS2. The zero-order valence-electron chi connectivity index (χ0n) is 9.71. The summed E-state index contributed by atoms with van der Waals surface area (Å²) in [5.74, 6) is 0. The maximum atomic E-state index is 8.68. The molecule has 0 aromatic carbocycles. The lowest BCUT2D eigenvalue weighted by atomic mass is 10.4. The zero-order valence-corrected chi connectivity index (χ0v) is 16.1. The Kier molecular flexibility index (Phi) is 7.48. The Labute approximate surface area is 139 Å². The molecule has 8 heteroatoms. The fraction of sp³-hybridized carbons (Fsp3) is 0.400. The molecule has 0 aliphatic heterocycles. The number of aliphatic hydroxyl groups excluding tert-OH is 1. The molecule has 0 spiro atoms. The van der Waals surface area contributed by atoms with Crippen LogP contribution in [0.4, 0.5) is 0 Å². The monoisotopic (exact) mass is 476 g/mol. The van der Waals surface area contributed by atoms with Gasteiger partial charge in [0.15, 0.2) is 7.83 Å². The number of thiazole rings is 2. The number of halogens is 3. The summed E-state index contributed by atoms with van der Waals surface area (Å²) in [4.78, 5) is 10.5. The molecule has 2 aromatic heterocycles. The molecule has 0 radical (unpaired) electrons. The van der Waals surface area contributed by atoms with Crippen molar-refractivity contribution in [2.75, 3.05) is 0 Å². The summed E-state index contributed by atoms with van der Waals surface area (Å²) < 4.78 is 1.80. The molecule has 0 saturated heterocycles. The van der Waals surface area contributed by atoms with Gasteiger partial charge in [-0.15, -0.1) is 22.7 Å². The smallest absolute Gasteiger partial charge is 0.159 e. The van der Waals surface area contributed by atoms with E-state index >= 15 is 0 Å². The lowest BCUT2D eigenvalue weighted by Gasteiger charge is -1.85. The molecule has 0 fully saturated rings. The highest BCUT2D eigenvalue weighted by Crippen LogP contribution is 2.24. The van der Waals surface area contributed by atoms with Crippen molar-refractivity contribution in [1.82, 2.24) is 9.97 Å². The third-order valence-electron chi connectivity index (χ3n) is 2.00. The van der Waals surface area contributed by atoms with Crippen LogP contribution >= 0.6 is 70.5 Å². The van der Waals surface area contributed by atoms with Crippen molar-refractivity contribution in [1.29, 1.82) is 0 Å². The second kappa shape index (κ2) is 8.06. The fourth-order valence-corrected chi connectivity index (χ4v) is 4.79. The van der Waals surface area contributed by atoms with E-state index in [1.165, 1.54) is 16.2 Å². The van der Waals surface area contributed by atoms with E-state index in [0.717, 1.165) is 29.4 Å². The third-order valence-corrected chi connectivity index (χ3v) is 6.13. The van der Waals surface area contributed by atoms with Crippen LogP contribution in [0, 0.1) is 13.8 Å². The lowest BCUT2D eigenvalue weighted by Crippen LogP contribution is -1.79. The summed E-state index contributed by atoms with van der Waals surface area (Å²) in [5, 5.41) is 9.59. The first-order chi connectivity index (χ1) is 8.47. The summed E-state index contributed by atoms with van der Waals surface area (Å²) >= 11 is 13.0. The number of nitrogens with zero attached hydrogens (tertiary/aromatic N) is 2. The highest BCUT2D eigenvalue weighted by Gasteiger charge is 2.02. The van der Waals surface area contributed by atoms with Crippen LogP contribution in [0.1, 0.15) is 21.1 Å². The third kappa shape index (κ3) is 4.97. The quantitative estimate of drug-likeness (QED) is 0.630. The molecule has 0 amide bonds. The predicted octanol–water partition coefficient (Wildman–Crippen LogP) is 4.82. The number of aliphatic hydroxyl groups is 1. The molecule has 0 atom stereocenters. The van der Waals surface area contributed by atoms with Crippen LogP contribution in [0.2, 0.25) is 0 Å².